The molecule has 10 heavy (non-hydrogen) atoms. The molecule has 0 aliphatic carbocycles. The fourth-order valence-electron chi connectivity index (χ4n) is 0.324. The number of unbranched alkanes of at least 4 members (excludes halogenated alkanes) is 1. The summed E-state index contributed by atoms with van der Waals surface area (Å²) in [6, 6.07) is 0. The van der Waals surface area contributed by atoms with Crippen LogP contribution in [0.5, 0.6) is 0 Å². The summed E-state index contributed by atoms with van der Waals surface area (Å²) >= 11 is -2.44. The van der Waals surface area contributed by atoms with Crippen molar-refractivity contribution in [1.29, 1.82) is 0 Å². The summed E-state index contributed by atoms with van der Waals surface area (Å²) < 4.78 is 34.7. The number of hydrogen-bond donors (Lipinski definition) is 0. The SMILES string of the molecule is O=S([O-])OCCCCF.[H-].[Li+]. The van der Waals surface area contributed by atoms with Crippen molar-refractivity contribution in [3.05, 3.63) is 0 Å². The van der Waals surface area contributed by atoms with Crippen LogP contribution >= 0.6 is 0 Å². The maximum Gasteiger partial charge on any atom is 1.00 e. The topological polar surface area (TPSA) is 49.4 Å². The molecule has 0 spiro atoms. The van der Waals surface area contributed by atoms with E-state index in [2.05, 4.69) is 4.18 Å². The summed E-state index contributed by atoms with van der Waals surface area (Å²) in [7, 11) is 0. The Morgan fingerprint density at radius 2 is 2.20 bits per heavy atom. The molecule has 0 saturated carbocycles. The van der Waals surface area contributed by atoms with Crippen LogP contribution < -0.4 is 18.9 Å². The van der Waals surface area contributed by atoms with Gasteiger partial charge in [0.15, 0.2) is 0 Å². The predicted octanol–water partition coefficient (Wildman–Crippen LogP) is -2.34. The minimum atomic E-state index is -2.44. The molecular weight excluding hydrogens is 154 g/mol. The molecule has 58 valence electrons. The van der Waals surface area contributed by atoms with Gasteiger partial charge in [-0.2, -0.15) is 0 Å². The Morgan fingerprint density at radius 3 is 2.60 bits per heavy atom. The third-order valence-electron chi connectivity index (χ3n) is 0.708. The van der Waals surface area contributed by atoms with Gasteiger partial charge in [0.1, 0.15) is 0 Å². The zero-order chi connectivity index (χ0) is 7.11. The van der Waals surface area contributed by atoms with Crippen LogP contribution in [0, 0.1) is 0 Å². The second-order valence-electron chi connectivity index (χ2n) is 1.42. The molecule has 0 rings (SSSR count). The zero-order valence-corrected chi connectivity index (χ0v) is 6.66. The number of halogens is 1. The average molecular weight is 163 g/mol. The molecule has 0 aromatic carbocycles. The van der Waals surface area contributed by atoms with Crippen molar-refractivity contribution in [3.8, 4) is 0 Å². The molecule has 0 radical (unpaired) electrons. The van der Waals surface area contributed by atoms with Gasteiger partial charge < -0.3 is 10.2 Å². The Balaban J connectivity index is -0.000000320. The molecule has 0 aliphatic heterocycles. The fraction of sp³-hybridized carbons (Fsp3) is 1.00. The van der Waals surface area contributed by atoms with Crippen LogP contribution in [-0.2, 0) is 15.5 Å². The van der Waals surface area contributed by atoms with Crippen LogP contribution in [0.2, 0.25) is 0 Å². The molecule has 0 fully saturated rings. The van der Waals surface area contributed by atoms with Gasteiger partial charge in [-0.25, -0.2) is 4.21 Å². The summed E-state index contributed by atoms with van der Waals surface area (Å²) in [5, 5.41) is 0. The summed E-state index contributed by atoms with van der Waals surface area (Å²) in [5.74, 6) is 0. The van der Waals surface area contributed by atoms with Gasteiger partial charge in [-0.1, -0.05) is 0 Å². The van der Waals surface area contributed by atoms with Gasteiger partial charge in [0.25, 0.3) is 0 Å². The Bertz CT molecular complexity index is 97.4. The minimum Gasteiger partial charge on any atom is -1.00 e. The predicted molar refractivity (Wildman–Crippen MR) is 31.2 cm³/mol. The molecule has 0 aromatic rings. The molecule has 0 bridgehead atoms. The quantitative estimate of drug-likeness (QED) is 0.259. The van der Waals surface area contributed by atoms with E-state index in [4.69, 9.17) is 0 Å². The Kier molecular flexibility index (Phi) is 12.7. The first-order valence-electron chi connectivity index (χ1n) is 2.56. The molecule has 0 aliphatic rings. The standard InChI is InChI=1S/C4H9FO3S.Li.H/c5-3-1-2-4-8-9(6)7;;/h1-4H2,(H,6,7);;/q;+1;-1/p-1. The average Bonchev–Trinajstić information content (AvgIpc) is 1.80. The minimum absolute atomic E-state index is 0. The second kappa shape index (κ2) is 9.60. The van der Waals surface area contributed by atoms with Gasteiger partial charge in [0, 0.05) is 0 Å². The van der Waals surface area contributed by atoms with Gasteiger partial charge in [-0.15, -0.1) is 0 Å². The van der Waals surface area contributed by atoms with Crippen LogP contribution in [0.4, 0.5) is 4.39 Å². The maximum atomic E-state index is 11.3. The molecule has 0 aromatic heterocycles. The van der Waals surface area contributed by atoms with Crippen LogP contribution in [0.25, 0.3) is 0 Å². The number of rotatable bonds is 5. The van der Waals surface area contributed by atoms with E-state index in [0.717, 1.165) is 0 Å². The molecule has 6 heteroatoms. The molecule has 0 N–H and O–H groups in total. The van der Waals surface area contributed by atoms with E-state index in [-0.39, 0.29) is 26.9 Å². The Labute approximate surface area is 75.5 Å². The van der Waals surface area contributed by atoms with Gasteiger partial charge >= 0.3 is 18.9 Å². The maximum absolute atomic E-state index is 11.3. The van der Waals surface area contributed by atoms with Gasteiger partial charge in [0.2, 0.25) is 0 Å². The first-order chi connectivity index (χ1) is 4.27. The third kappa shape index (κ3) is 11.4. The van der Waals surface area contributed by atoms with E-state index in [1.54, 1.807) is 0 Å². The van der Waals surface area contributed by atoms with E-state index >= 15 is 0 Å². The van der Waals surface area contributed by atoms with Gasteiger partial charge in [-0.05, 0) is 12.8 Å². The largest absolute Gasteiger partial charge is 1.00 e. The van der Waals surface area contributed by atoms with Gasteiger partial charge in [-0.3, -0.25) is 4.39 Å². The van der Waals surface area contributed by atoms with Crippen molar-refractivity contribution in [2.75, 3.05) is 13.3 Å². The van der Waals surface area contributed by atoms with E-state index in [1.807, 2.05) is 0 Å². The number of hydrogen-bond acceptors (Lipinski definition) is 3. The van der Waals surface area contributed by atoms with E-state index in [9.17, 15) is 13.2 Å². The van der Waals surface area contributed by atoms with Gasteiger partial charge in [0.05, 0.1) is 24.6 Å². The van der Waals surface area contributed by atoms with E-state index < -0.39 is 18.0 Å². The Hall–Kier alpha value is 0.597. The number of alkyl halides is 1. The van der Waals surface area contributed by atoms with Crippen LogP contribution in [0.15, 0.2) is 0 Å². The van der Waals surface area contributed by atoms with Crippen LogP contribution in [0.3, 0.4) is 0 Å². The van der Waals surface area contributed by atoms with E-state index in [1.165, 1.54) is 0 Å². The van der Waals surface area contributed by atoms with Crippen LogP contribution in [-0.4, -0.2) is 22.0 Å². The molecular formula is C4H9FLiO3S-. The molecule has 0 heterocycles. The van der Waals surface area contributed by atoms with E-state index in [0.29, 0.717) is 12.8 Å². The van der Waals surface area contributed by atoms with Crippen molar-refractivity contribution >= 4 is 11.4 Å². The van der Waals surface area contributed by atoms with Crippen molar-refractivity contribution in [2.45, 2.75) is 12.8 Å². The van der Waals surface area contributed by atoms with Crippen molar-refractivity contribution < 1.29 is 37.6 Å². The van der Waals surface area contributed by atoms with Crippen molar-refractivity contribution in [3.63, 3.8) is 0 Å². The molecule has 1 atom stereocenters. The third-order valence-corrected chi connectivity index (χ3v) is 1.07. The first-order valence-corrected chi connectivity index (χ1v) is 3.56. The summed E-state index contributed by atoms with van der Waals surface area (Å²) in [6.45, 7) is -0.338. The first kappa shape index (κ1) is 13.2. The molecule has 0 amide bonds. The molecule has 1 unspecified atom stereocenters. The summed E-state index contributed by atoms with van der Waals surface area (Å²) in [4.78, 5) is 0. The summed E-state index contributed by atoms with van der Waals surface area (Å²) in [6.07, 6.45) is 0.807. The monoisotopic (exact) mass is 163 g/mol. The van der Waals surface area contributed by atoms with Crippen molar-refractivity contribution in [1.82, 2.24) is 0 Å². The normalized spacial score (nSPS) is 12.2. The van der Waals surface area contributed by atoms with Crippen LogP contribution in [0.1, 0.15) is 14.3 Å². The Morgan fingerprint density at radius 1 is 1.60 bits per heavy atom. The molecule has 3 nitrogen and oxygen atoms in total. The fourth-order valence-corrected chi connectivity index (χ4v) is 0.577. The summed E-state index contributed by atoms with van der Waals surface area (Å²) in [5.41, 5.74) is 0. The zero-order valence-electron chi connectivity index (χ0n) is 6.84. The molecule has 0 saturated heterocycles. The second-order valence-corrected chi connectivity index (χ2v) is 2.07. The van der Waals surface area contributed by atoms with Crippen molar-refractivity contribution in [2.24, 2.45) is 0 Å². The smallest absolute Gasteiger partial charge is 1.00 e.